The van der Waals surface area contributed by atoms with Crippen LogP contribution in [-0.2, 0) is 4.74 Å². The number of carbonyl (C=O) groups is 1. The van der Waals surface area contributed by atoms with E-state index in [9.17, 15) is 4.79 Å². The lowest BCUT2D eigenvalue weighted by molar-refractivity contribution is 0.0533. The zero-order valence-corrected chi connectivity index (χ0v) is 6.04. The molecule has 0 heterocycles. The Morgan fingerprint density at radius 3 is 2.70 bits per heavy atom. The third-order valence-corrected chi connectivity index (χ3v) is 1.91. The molecule has 0 amide bonds. The summed E-state index contributed by atoms with van der Waals surface area (Å²) in [4.78, 5) is 10.0. The van der Waals surface area contributed by atoms with Crippen LogP contribution in [0.15, 0.2) is 0 Å². The molecule has 1 saturated carbocycles. The van der Waals surface area contributed by atoms with Crippen molar-refractivity contribution in [2.45, 2.75) is 32.3 Å². The lowest BCUT2D eigenvalue weighted by atomic mass is 10.1. The maximum absolute atomic E-state index is 10.0. The van der Waals surface area contributed by atoms with Gasteiger partial charge in [-0.3, -0.25) is 0 Å². The predicted octanol–water partition coefficient (Wildman–Crippen LogP) is 1.87. The van der Waals surface area contributed by atoms with E-state index in [2.05, 4.69) is 11.7 Å². The summed E-state index contributed by atoms with van der Waals surface area (Å²) in [5, 5.41) is 8.24. The van der Waals surface area contributed by atoms with Crippen molar-refractivity contribution in [2.24, 2.45) is 5.92 Å². The highest BCUT2D eigenvalue weighted by atomic mass is 16.7. The summed E-state index contributed by atoms with van der Waals surface area (Å²) in [6, 6.07) is 0. The van der Waals surface area contributed by atoms with E-state index in [0.717, 1.165) is 19.3 Å². The van der Waals surface area contributed by atoms with Crippen LogP contribution in [0.4, 0.5) is 4.79 Å². The third kappa shape index (κ3) is 1.90. The summed E-state index contributed by atoms with van der Waals surface area (Å²) < 4.78 is 4.60. The van der Waals surface area contributed by atoms with Crippen LogP contribution < -0.4 is 0 Å². The summed E-state index contributed by atoms with van der Waals surface area (Å²) >= 11 is 0. The fourth-order valence-corrected chi connectivity index (χ4v) is 1.40. The Bertz CT molecular complexity index is 133. The van der Waals surface area contributed by atoms with Gasteiger partial charge < -0.3 is 9.84 Å². The molecule has 0 radical (unpaired) electrons. The second kappa shape index (κ2) is 2.90. The third-order valence-electron chi connectivity index (χ3n) is 1.91. The Kier molecular flexibility index (Phi) is 2.14. The van der Waals surface area contributed by atoms with Crippen LogP contribution in [0.2, 0.25) is 0 Å². The average molecular weight is 144 g/mol. The molecule has 0 bridgehead atoms. The molecule has 0 aromatic rings. The summed E-state index contributed by atoms with van der Waals surface area (Å²) in [6.07, 6.45) is 1.71. The topological polar surface area (TPSA) is 46.5 Å². The number of carboxylic acid groups (broad SMARTS) is 1. The molecule has 0 aromatic heterocycles. The van der Waals surface area contributed by atoms with Gasteiger partial charge in [0.05, 0.1) is 0 Å². The van der Waals surface area contributed by atoms with Crippen molar-refractivity contribution >= 4 is 6.16 Å². The second-order valence-electron chi connectivity index (χ2n) is 2.92. The van der Waals surface area contributed by atoms with E-state index in [4.69, 9.17) is 5.11 Å². The molecule has 3 nitrogen and oxygen atoms in total. The van der Waals surface area contributed by atoms with Gasteiger partial charge in [0.15, 0.2) is 0 Å². The maximum Gasteiger partial charge on any atom is 0.506 e. The number of ether oxygens (including phenoxy) is 1. The molecule has 58 valence electrons. The van der Waals surface area contributed by atoms with Gasteiger partial charge in [0.2, 0.25) is 0 Å². The van der Waals surface area contributed by atoms with E-state index in [1.165, 1.54) is 0 Å². The standard InChI is InChI=1S/C7H12O3/c1-5-2-3-6(4-5)10-7(8)9/h5-6H,2-4H2,1H3,(H,8,9). The van der Waals surface area contributed by atoms with E-state index < -0.39 is 6.16 Å². The van der Waals surface area contributed by atoms with E-state index in [0.29, 0.717) is 5.92 Å². The van der Waals surface area contributed by atoms with Gasteiger partial charge in [-0.15, -0.1) is 0 Å². The summed E-state index contributed by atoms with van der Waals surface area (Å²) in [5.74, 6) is 0.629. The van der Waals surface area contributed by atoms with Crippen LogP contribution in [0, 0.1) is 5.92 Å². The summed E-state index contributed by atoms with van der Waals surface area (Å²) in [7, 11) is 0. The minimum atomic E-state index is -1.14. The molecule has 2 unspecified atom stereocenters. The molecular weight excluding hydrogens is 132 g/mol. The Labute approximate surface area is 60.0 Å². The van der Waals surface area contributed by atoms with Gasteiger partial charge in [-0.2, -0.15) is 0 Å². The van der Waals surface area contributed by atoms with Crippen LogP contribution >= 0.6 is 0 Å². The van der Waals surface area contributed by atoms with Crippen molar-refractivity contribution in [3.63, 3.8) is 0 Å². The lowest BCUT2D eigenvalue weighted by Gasteiger charge is -2.06. The van der Waals surface area contributed by atoms with Crippen molar-refractivity contribution in [1.29, 1.82) is 0 Å². The smallest absolute Gasteiger partial charge is 0.450 e. The first-order valence-electron chi connectivity index (χ1n) is 3.58. The molecule has 0 saturated heterocycles. The number of hydrogen-bond donors (Lipinski definition) is 1. The molecule has 3 heteroatoms. The zero-order chi connectivity index (χ0) is 7.56. The predicted molar refractivity (Wildman–Crippen MR) is 35.9 cm³/mol. The van der Waals surface area contributed by atoms with Crippen LogP contribution in [0.3, 0.4) is 0 Å². The summed E-state index contributed by atoms with van der Waals surface area (Å²) in [5.41, 5.74) is 0. The average Bonchev–Trinajstić information content (AvgIpc) is 2.13. The molecule has 0 aliphatic heterocycles. The second-order valence-corrected chi connectivity index (χ2v) is 2.92. The Hall–Kier alpha value is -0.730. The van der Waals surface area contributed by atoms with Crippen LogP contribution in [0.25, 0.3) is 0 Å². The van der Waals surface area contributed by atoms with Gasteiger partial charge in [-0.25, -0.2) is 4.79 Å². The largest absolute Gasteiger partial charge is 0.506 e. The highest BCUT2D eigenvalue weighted by Crippen LogP contribution is 2.26. The Balaban J connectivity index is 2.24. The molecule has 10 heavy (non-hydrogen) atoms. The van der Waals surface area contributed by atoms with E-state index in [-0.39, 0.29) is 6.10 Å². The zero-order valence-electron chi connectivity index (χ0n) is 6.04. The molecular formula is C7H12O3. The van der Waals surface area contributed by atoms with Crippen molar-refractivity contribution < 1.29 is 14.6 Å². The van der Waals surface area contributed by atoms with E-state index in [1.807, 2.05) is 0 Å². The van der Waals surface area contributed by atoms with Gasteiger partial charge in [0.1, 0.15) is 6.10 Å². The monoisotopic (exact) mass is 144 g/mol. The number of rotatable bonds is 1. The minimum absolute atomic E-state index is 0.0347. The SMILES string of the molecule is CC1CCC(OC(=O)O)C1. The fourth-order valence-electron chi connectivity index (χ4n) is 1.40. The number of hydrogen-bond acceptors (Lipinski definition) is 2. The van der Waals surface area contributed by atoms with Gasteiger partial charge in [0.25, 0.3) is 0 Å². The van der Waals surface area contributed by atoms with Crippen LogP contribution in [0.1, 0.15) is 26.2 Å². The highest BCUT2D eigenvalue weighted by molar-refractivity contribution is 5.57. The molecule has 2 atom stereocenters. The normalized spacial score (nSPS) is 32.1. The van der Waals surface area contributed by atoms with Gasteiger partial charge in [0, 0.05) is 0 Å². The van der Waals surface area contributed by atoms with Crippen molar-refractivity contribution in [3.8, 4) is 0 Å². The Morgan fingerprint density at radius 1 is 1.60 bits per heavy atom. The van der Waals surface area contributed by atoms with E-state index >= 15 is 0 Å². The van der Waals surface area contributed by atoms with Crippen molar-refractivity contribution in [1.82, 2.24) is 0 Å². The molecule has 0 aromatic carbocycles. The first-order chi connectivity index (χ1) is 4.68. The summed E-state index contributed by atoms with van der Waals surface area (Å²) in [6.45, 7) is 2.12. The molecule has 1 aliphatic carbocycles. The first kappa shape index (κ1) is 7.38. The van der Waals surface area contributed by atoms with Crippen molar-refractivity contribution in [2.75, 3.05) is 0 Å². The minimum Gasteiger partial charge on any atom is -0.450 e. The van der Waals surface area contributed by atoms with E-state index in [1.54, 1.807) is 0 Å². The van der Waals surface area contributed by atoms with Gasteiger partial charge in [-0.05, 0) is 25.2 Å². The van der Waals surface area contributed by atoms with Crippen LogP contribution in [-0.4, -0.2) is 17.4 Å². The molecule has 1 N–H and O–H groups in total. The maximum atomic E-state index is 10.0. The quantitative estimate of drug-likeness (QED) is 0.571. The fraction of sp³-hybridized carbons (Fsp3) is 0.857. The Morgan fingerprint density at radius 2 is 2.30 bits per heavy atom. The molecule has 1 fully saturated rings. The van der Waals surface area contributed by atoms with Gasteiger partial charge >= 0.3 is 6.16 Å². The lowest BCUT2D eigenvalue weighted by Crippen LogP contribution is -2.12. The first-order valence-corrected chi connectivity index (χ1v) is 3.58. The van der Waals surface area contributed by atoms with Crippen molar-refractivity contribution in [3.05, 3.63) is 0 Å². The molecule has 0 spiro atoms. The van der Waals surface area contributed by atoms with Gasteiger partial charge in [-0.1, -0.05) is 6.92 Å². The van der Waals surface area contributed by atoms with Crippen LogP contribution in [0.5, 0.6) is 0 Å². The highest BCUT2D eigenvalue weighted by Gasteiger charge is 2.23. The molecule has 1 rings (SSSR count). The molecule has 1 aliphatic rings.